The van der Waals surface area contributed by atoms with Crippen molar-refractivity contribution in [2.75, 3.05) is 13.3 Å². The van der Waals surface area contributed by atoms with Gasteiger partial charge in [-0.2, -0.15) is 4.31 Å². The van der Waals surface area contributed by atoms with Gasteiger partial charge in [-0.25, -0.2) is 8.42 Å². The minimum atomic E-state index is -3.46. The average molecular weight is 341 g/mol. The monoisotopic (exact) mass is 341 g/mol. The summed E-state index contributed by atoms with van der Waals surface area (Å²) >= 11 is 0. The van der Waals surface area contributed by atoms with Gasteiger partial charge in [-0.1, -0.05) is 0 Å². The second-order valence-corrected chi connectivity index (χ2v) is 9.16. The molecular weight excluding hydrogens is 314 g/mol. The first-order valence-electron chi connectivity index (χ1n) is 7.71. The van der Waals surface area contributed by atoms with Crippen LogP contribution in [0.15, 0.2) is 0 Å². The van der Waals surface area contributed by atoms with Crippen LogP contribution in [0, 0.1) is 27.7 Å². The van der Waals surface area contributed by atoms with E-state index < -0.39 is 27.8 Å². The van der Waals surface area contributed by atoms with Gasteiger partial charge in [-0.3, -0.25) is 0 Å². The highest BCUT2D eigenvalue weighted by atomic mass is 32.2. The summed E-state index contributed by atoms with van der Waals surface area (Å²) in [6.07, 6.45) is 0.195. The molecule has 5 nitrogen and oxygen atoms in total. The molecule has 0 aliphatic carbocycles. The van der Waals surface area contributed by atoms with Crippen molar-refractivity contribution in [1.29, 1.82) is 0 Å². The van der Waals surface area contributed by atoms with Crippen LogP contribution in [0.1, 0.15) is 47.7 Å². The standard InChI is InChI=1S/C17H27NO4S/c1-9-10(2)12(4)15-13(11(9)3)14(18(7)23(8,20)21)16(19)17(5,6)22-15/h14,16,19H,1-8H3. The second kappa shape index (κ2) is 5.46. The minimum absolute atomic E-state index is 0.665. The van der Waals surface area contributed by atoms with Crippen LogP contribution in [-0.2, 0) is 10.0 Å². The Morgan fingerprint density at radius 2 is 1.52 bits per heavy atom. The van der Waals surface area contributed by atoms with E-state index in [1.165, 1.54) is 11.4 Å². The smallest absolute Gasteiger partial charge is 0.211 e. The van der Waals surface area contributed by atoms with Gasteiger partial charge in [-0.05, 0) is 63.8 Å². The van der Waals surface area contributed by atoms with Crippen LogP contribution in [-0.4, -0.2) is 42.8 Å². The Morgan fingerprint density at radius 3 is 2.00 bits per heavy atom. The van der Waals surface area contributed by atoms with Gasteiger partial charge in [0.2, 0.25) is 10.0 Å². The first kappa shape index (κ1) is 18.2. The number of hydrogen-bond acceptors (Lipinski definition) is 4. The molecule has 23 heavy (non-hydrogen) atoms. The zero-order valence-corrected chi connectivity index (χ0v) is 16.0. The summed E-state index contributed by atoms with van der Waals surface area (Å²) in [5, 5.41) is 10.8. The highest BCUT2D eigenvalue weighted by molar-refractivity contribution is 7.88. The first-order valence-corrected chi connectivity index (χ1v) is 9.56. The molecule has 0 fully saturated rings. The third kappa shape index (κ3) is 2.77. The Morgan fingerprint density at radius 1 is 1.04 bits per heavy atom. The van der Waals surface area contributed by atoms with E-state index in [0.717, 1.165) is 34.1 Å². The van der Waals surface area contributed by atoms with Gasteiger partial charge in [0, 0.05) is 12.6 Å². The third-order valence-corrected chi connectivity index (χ3v) is 6.54. The van der Waals surface area contributed by atoms with Crippen LogP contribution < -0.4 is 4.74 Å². The van der Waals surface area contributed by atoms with E-state index in [9.17, 15) is 13.5 Å². The fraction of sp³-hybridized carbons (Fsp3) is 0.647. The second-order valence-electron chi connectivity index (χ2n) is 7.12. The van der Waals surface area contributed by atoms with Gasteiger partial charge in [-0.15, -0.1) is 0 Å². The fourth-order valence-electron chi connectivity index (χ4n) is 3.24. The van der Waals surface area contributed by atoms with Crippen molar-refractivity contribution in [2.45, 2.75) is 59.3 Å². The molecule has 0 amide bonds. The number of sulfonamides is 1. The van der Waals surface area contributed by atoms with Crippen molar-refractivity contribution < 1.29 is 18.3 Å². The normalized spacial score (nSPS) is 23.6. The van der Waals surface area contributed by atoms with Crippen LogP contribution >= 0.6 is 0 Å². The predicted molar refractivity (Wildman–Crippen MR) is 91.5 cm³/mol. The molecule has 2 unspecified atom stereocenters. The SMILES string of the molecule is Cc1c(C)c(C)c2c(c1C)OC(C)(C)C(O)C2N(C)S(C)(=O)=O. The van der Waals surface area contributed by atoms with E-state index in [1.54, 1.807) is 13.8 Å². The number of aliphatic hydroxyl groups is 1. The molecule has 6 heteroatoms. The maximum Gasteiger partial charge on any atom is 0.211 e. The largest absolute Gasteiger partial charge is 0.484 e. The van der Waals surface area contributed by atoms with Crippen molar-refractivity contribution >= 4 is 10.0 Å². The van der Waals surface area contributed by atoms with E-state index in [-0.39, 0.29) is 0 Å². The topological polar surface area (TPSA) is 66.8 Å². The summed E-state index contributed by atoms with van der Waals surface area (Å²) in [5.41, 5.74) is 4.09. The number of rotatable bonds is 2. The van der Waals surface area contributed by atoms with E-state index in [4.69, 9.17) is 4.74 Å². The molecule has 0 spiro atoms. The Kier molecular flexibility index (Phi) is 4.33. The Bertz CT molecular complexity index is 753. The molecule has 0 saturated carbocycles. The lowest BCUT2D eigenvalue weighted by Crippen LogP contribution is -2.54. The van der Waals surface area contributed by atoms with Gasteiger partial charge in [0.25, 0.3) is 0 Å². The highest BCUT2D eigenvalue weighted by Crippen LogP contribution is 2.48. The summed E-state index contributed by atoms with van der Waals surface area (Å²) in [6.45, 7) is 11.6. The molecule has 1 aliphatic heterocycles. The van der Waals surface area contributed by atoms with Crippen molar-refractivity contribution in [2.24, 2.45) is 0 Å². The summed E-state index contributed by atoms with van der Waals surface area (Å²) in [7, 11) is -1.95. The molecule has 1 aliphatic rings. The Balaban J connectivity index is 2.85. The Labute approximate surface area is 139 Å². The lowest BCUT2D eigenvalue weighted by atomic mass is 9.81. The number of nitrogens with zero attached hydrogens (tertiary/aromatic N) is 1. The molecule has 1 aromatic rings. The number of hydrogen-bond donors (Lipinski definition) is 1. The molecular formula is C17H27NO4S. The van der Waals surface area contributed by atoms with Crippen LogP contribution in [0.3, 0.4) is 0 Å². The van der Waals surface area contributed by atoms with Crippen LogP contribution in [0.2, 0.25) is 0 Å². The quantitative estimate of drug-likeness (QED) is 0.897. The molecule has 1 N–H and O–H groups in total. The number of benzene rings is 1. The lowest BCUT2D eigenvalue weighted by Gasteiger charge is -2.46. The van der Waals surface area contributed by atoms with Gasteiger partial charge >= 0.3 is 0 Å². The summed E-state index contributed by atoms with van der Waals surface area (Å²) in [4.78, 5) is 0. The number of aliphatic hydroxyl groups excluding tert-OH is 1. The zero-order chi connectivity index (χ0) is 17.9. The van der Waals surface area contributed by atoms with Crippen molar-refractivity contribution in [3.8, 4) is 5.75 Å². The van der Waals surface area contributed by atoms with Crippen LogP contribution in [0.4, 0.5) is 0 Å². The highest BCUT2D eigenvalue weighted by Gasteiger charge is 2.48. The van der Waals surface area contributed by atoms with Gasteiger partial charge in [0.15, 0.2) is 0 Å². The number of likely N-dealkylation sites (N-methyl/N-ethyl adjacent to an activating group) is 1. The van der Waals surface area contributed by atoms with Crippen LogP contribution in [0.25, 0.3) is 0 Å². The number of fused-ring (bicyclic) bond motifs is 1. The lowest BCUT2D eigenvalue weighted by molar-refractivity contribution is -0.0769. The molecule has 0 aromatic heterocycles. The zero-order valence-electron chi connectivity index (χ0n) is 15.2. The molecule has 0 saturated heterocycles. The summed E-state index contributed by atoms with van der Waals surface area (Å²) in [5.74, 6) is 0.696. The van der Waals surface area contributed by atoms with Crippen molar-refractivity contribution in [3.05, 3.63) is 27.8 Å². The molecule has 2 rings (SSSR count). The average Bonchev–Trinajstić information content (AvgIpc) is 2.43. The third-order valence-electron chi connectivity index (χ3n) is 5.26. The number of ether oxygens (including phenoxy) is 1. The molecule has 2 atom stereocenters. The molecule has 1 aromatic carbocycles. The van der Waals surface area contributed by atoms with E-state index in [1.807, 2.05) is 27.7 Å². The first-order chi connectivity index (χ1) is 10.3. The predicted octanol–water partition coefficient (Wildman–Crippen LogP) is 2.38. The summed E-state index contributed by atoms with van der Waals surface area (Å²) < 4.78 is 31.6. The molecule has 130 valence electrons. The minimum Gasteiger partial charge on any atom is -0.484 e. The van der Waals surface area contributed by atoms with E-state index in [2.05, 4.69) is 0 Å². The van der Waals surface area contributed by atoms with Crippen molar-refractivity contribution in [3.63, 3.8) is 0 Å². The van der Waals surface area contributed by atoms with Crippen molar-refractivity contribution in [1.82, 2.24) is 4.31 Å². The van der Waals surface area contributed by atoms with Gasteiger partial charge in [0.1, 0.15) is 17.5 Å². The Hall–Kier alpha value is -1.11. The van der Waals surface area contributed by atoms with E-state index in [0.29, 0.717) is 5.75 Å². The van der Waals surface area contributed by atoms with Gasteiger partial charge < -0.3 is 9.84 Å². The van der Waals surface area contributed by atoms with Crippen LogP contribution in [0.5, 0.6) is 5.75 Å². The molecule has 0 bridgehead atoms. The molecule has 0 radical (unpaired) electrons. The fourth-order valence-corrected chi connectivity index (χ4v) is 3.88. The maximum atomic E-state index is 12.1. The molecule has 1 heterocycles. The maximum absolute atomic E-state index is 12.1. The van der Waals surface area contributed by atoms with Gasteiger partial charge in [0.05, 0.1) is 12.3 Å². The summed E-state index contributed by atoms with van der Waals surface area (Å²) in [6, 6.07) is -0.665. The van der Waals surface area contributed by atoms with E-state index >= 15 is 0 Å².